The molecule has 118 valence electrons. The van der Waals surface area contributed by atoms with Crippen LogP contribution in [-0.2, 0) is 0 Å². The monoisotopic (exact) mass is 297 g/mol. The predicted octanol–water partition coefficient (Wildman–Crippen LogP) is 5.18. The molecule has 0 bridgehead atoms. The predicted molar refractivity (Wildman–Crippen MR) is 94.2 cm³/mol. The summed E-state index contributed by atoms with van der Waals surface area (Å²) in [6.45, 7) is 5.24. The molecule has 0 saturated carbocycles. The van der Waals surface area contributed by atoms with Crippen molar-refractivity contribution in [2.75, 3.05) is 6.54 Å². The normalized spacial score (nSPS) is 11.0. The first kappa shape index (κ1) is 16.5. The number of carbonyl (C=O) groups is 1. The molecule has 0 saturated heterocycles. The zero-order chi connectivity index (χ0) is 15.8. The van der Waals surface area contributed by atoms with Crippen LogP contribution in [0.3, 0.4) is 0 Å². The van der Waals surface area contributed by atoms with Crippen molar-refractivity contribution >= 4 is 16.7 Å². The highest BCUT2D eigenvalue weighted by Crippen LogP contribution is 2.19. The molecule has 0 fully saturated rings. The number of benzene rings is 2. The fourth-order valence-electron chi connectivity index (χ4n) is 3.16. The van der Waals surface area contributed by atoms with Crippen molar-refractivity contribution in [1.29, 1.82) is 0 Å². The van der Waals surface area contributed by atoms with Gasteiger partial charge in [0, 0.05) is 12.1 Å². The van der Waals surface area contributed by atoms with Gasteiger partial charge in [0.25, 0.3) is 5.91 Å². The lowest BCUT2D eigenvalue weighted by Gasteiger charge is -2.15. The van der Waals surface area contributed by atoms with Crippen LogP contribution < -0.4 is 5.32 Å². The Hall–Kier alpha value is -1.83. The van der Waals surface area contributed by atoms with Crippen molar-refractivity contribution in [3.05, 3.63) is 48.0 Å². The molecule has 0 aliphatic carbocycles. The van der Waals surface area contributed by atoms with Gasteiger partial charge in [-0.2, -0.15) is 0 Å². The molecule has 0 radical (unpaired) electrons. The Balaban J connectivity index is 1.96. The van der Waals surface area contributed by atoms with Gasteiger partial charge in [0.05, 0.1) is 0 Å². The zero-order valence-electron chi connectivity index (χ0n) is 13.8. The van der Waals surface area contributed by atoms with E-state index in [9.17, 15) is 4.79 Å². The number of fused-ring (bicyclic) bond motifs is 1. The summed E-state index contributed by atoms with van der Waals surface area (Å²) in [5.74, 6) is 0.784. The maximum absolute atomic E-state index is 12.4. The maximum Gasteiger partial charge on any atom is 0.251 e. The molecule has 2 heteroatoms. The topological polar surface area (TPSA) is 29.1 Å². The quantitative estimate of drug-likeness (QED) is 0.715. The van der Waals surface area contributed by atoms with E-state index >= 15 is 0 Å². The summed E-state index contributed by atoms with van der Waals surface area (Å²) in [5.41, 5.74) is 0.778. The maximum atomic E-state index is 12.4. The van der Waals surface area contributed by atoms with E-state index < -0.39 is 0 Å². The van der Waals surface area contributed by atoms with Gasteiger partial charge < -0.3 is 5.32 Å². The standard InChI is InChI=1S/C20H27NO/c1-3-8-16(9-4-2)14-15-21-20(22)19-13-7-11-17-10-5-6-12-18(17)19/h5-7,10-13,16H,3-4,8-9,14-15H2,1-2H3,(H,21,22). The van der Waals surface area contributed by atoms with Crippen LogP contribution in [0.25, 0.3) is 10.8 Å². The number of carbonyl (C=O) groups excluding carboxylic acids is 1. The van der Waals surface area contributed by atoms with E-state index in [0.29, 0.717) is 0 Å². The Morgan fingerprint density at radius 1 is 0.955 bits per heavy atom. The zero-order valence-corrected chi connectivity index (χ0v) is 13.8. The van der Waals surface area contributed by atoms with Gasteiger partial charge in [0.15, 0.2) is 0 Å². The van der Waals surface area contributed by atoms with Crippen molar-refractivity contribution in [1.82, 2.24) is 5.32 Å². The lowest BCUT2D eigenvalue weighted by atomic mass is 9.95. The Labute approximate surface area is 133 Å². The van der Waals surface area contributed by atoms with Crippen molar-refractivity contribution in [3.8, 4) is 0 Å². The van der Waals surface area contributed by atoms with Crippen molar-refractivity contribution in [2.45, 2.75) is 46.0 Å². The lowest BCUT2D eigenvalue weighted by Crippen LogP contribution is -2.26. The third-order valence-corrected chi connectivity index (χ3v) is 4.27. The summed E-state index contributed by atoms with van der Waals surface area (Å²) < 4.78 is 0. The molecular weight excluding hydrogens is 270 g/mol. The highest BCUT2D eigenvalue weighted by molar-refractivity contribution is 6.06. The number of amides is 1. The number of rotatable bonds is 8. The molecule has 2 nitrogen and oxygen atoms in total. The first-order valence-corrected chi connectivity index (χ1v) is 8.52. The first-order valence-electron chi connectivity index (χ1n) is 8.52. The highest BCUT2D eigenvalue weighted by Gasteiger charge is 2.11. The second kappa shape index (κ2) is 8.57. The van der Waals surface area contributed by atoms with Gasteiger partial charge in [0.1, 0.15) is 0 Å². The van der Waals surface area contributed by atoms with Gasteiger partial charge >= 0.3 is 0 Å². The molecule has 0 spiro atoms. The van der Waals surface area contributed by atoms with Gasteiger partial charge in [0.2, 0.25) is 0 Å². The summed E-state index contributed by atoms with van der Waals surface area (Å²) in [7, 11) is 0. The second-order valence-corrected chi connectivity index (χ2v) is 6.01. The van der Waals surface area contributed by atoms with Crippen LogP contribution in [-0.4, -0.2) is 12.5 Å². The van der Waals surface area contributed by atoms with Gasteiger partial charge in [-0.25, -0.2) is 0 Å². The van der Waals surface area contributed by atoms with Crippen LogP contribution in [0.5, 0.6) is 0 Å². The molecule has 2 rings (SSSR count). The minimum Gasteiger partial charge on any atom is -0.352 e. The summed E-state index contributed by atoms with van der Waals surface area (Å²) in [5, 5.41) is 5.24. The van der Waals surface area contributed by atoms with E-state index in [1.54, 1.807) is 0 Å². The molecule has 1 N–H and O–H groups in total. The van der Waals surface area contributed by atoms with E-state index in [0.717, 1.165) is 35.2 Å². The van der Waals surface area contributed by atoms with Gasteiger partial charge in [-0.3, -0.25) is 4.79 Å². The van der Waals surface area contributed by atoms with E-state index in [4.69, 9.17) is 0 Å². The molecule has 0 unspecified atom stereocenters. The molecule has 0 aliphatic rings. The van der Waals surface area contributed by atoms with Gasteiger partial charge in [-0.15, -0.1) is 0 Å². The minimum absolute atomic E-state index is 0.0450. The average molecular weight is 297 g/mol. The van der Waals surface area contributed by atoms with Crippen molar-refractivity contribution in [2.24, 2.45) is 5.92 Å². The summed E-state index contributed by atoms with van der Waals surface area (Å²) >= 11 is 0. The fourth-order valence-corrected chi connectivity index (χ4v) is 3.16. The summed E-state index contributed by atoms with van der Waals surface area (Å²) in [6, 6.07) is 14.0. The van der Waals surface area contributed by atoms with Crippen LogP contribution in [0, 0.1) is 5.92 Å². The van der Waals surface area contributed by atoms with Crippen LogP contribution in [0.4, 0.5) is 0 Å². The van der Waals surface area contributed by atoms with E-state index in [-0.39, 0.29) is 5.91 Å². The summed E-state index contributed by atoms with van der Waals surface area (Å²) in [6.07, 6.45) is 6.05. The molecular formula is C20H27NO. The third-order valence-electron chi connectivity index (χ3n) is 4.27. The number of hydrogen-bond donors (Lipinski definition) is 1. The van der Waals surface area contributed by atoms with Crippen LogP contribution >= 0.6 is 0 Å². The van der Waals surface area contributed by atoms with Gasteiger partial charge in [-0.1, -0.05) is 75.9 Å². The molecule has 1 amide bonds. The third kappa shape index (κ3) is 4.33. The van der Waals surface area contributed by atoms with Crippen LogP contribution in [0.2, 0.25) is 0 Å². The Morgan fingerprint density at radius 3 is 2.36 bits per heavy atom. The van der Waals surface area contributed by atoms with Crippen molar-refractivity contribution in [3.63, 3.8) is 0 Å². The summed E-state index contributed by atoms with van der Waals surface area (Å²) in [4.78, 5) is 12.4. The molecule has 0 aliphatic heterocycles. The van der Waals surface area contributed by atoms with E-state index in [1.807, 2.05) is 42.5 Å². The van der Waals surface area contributed by atoms with Crippen LogP contribution in [0.1, 0.15) is 56.3 Å². The van der Waals surface area contributed by atoms with E-state index in [1.165, 1.54) is 25.7 Å². The van der Waals surface area contributed by atoms with E-state index in [2.05, 4.69) is 19.2 Å². The molecule has 22 heavy (non-hydrogen) atoms. The fraction of sp³-hybridized carbons (Fsp3) is 0.450. The Morgan fingerprint density at radius 2 is 1.64 bits per heavy atom. The molecule has 2 aromatic carbocycles. The Bertz CT molecular complexity index is 594. The van der Waals surface area contributed by atoms with Crippen molar-refractivity contribution < 1.29 is 4.79 Å². The lowest BCUT2D eigenvalue weighted by molar-refractivity contribution is 0.0952. The number of hydrogen-bond acceptors (Lipinski definition) is 1. The van der Waals surface area contributed by atoms with Gasteiger partial charge in [-0.05, 0) is 29.2 Å². The first-order chi connectivity index (χ1) is 10.8. The second-order valence-electron chi connectivity index (χ2n) is 6.01. The molecule has 0 atom stereocenters. The smallest absolute Gasteiger partial charge is 0.251 e. The number of nitrogens with one attached hydrogen (secondary N) is 1. The largest absolute Gasteiger partial charge is 0.352 e. The highest BCUT2D eigenvalue weighted by atomic mass is 16.1. The van der Waals surface area contributed by atoms with Crippen LogP contribution in [0.15, 0.2) is 42.5 Å². The molecule has 0 heterocycles. The SMILES string of the molecule is CCCC(CCC)CCNC(=O)c1cccc2ccccc12. The minimum atomic E-state index is 0.0450. The molecule has 2 aromatic rings. The Kier molecular flexibility index (Phi) is 6.45. The molecule has 0 aromatic heterocycles. The average Bonchev–Trinajstić information content (AvgIpc) is 2.54.